The molecule has 4 heteroatoms. The topological polar surface area (TPSA) is 37.4 Å². The first kappa shape index (κ1) is 14.1. The van der Waals surface area contributed by atoms with Gasteiger partial charge in [-0.15, -0.1) is 0 Å². The van der Waals surface area contributed by atoms with Gasteiger partial charge in [0.15, 0.2) is 0 Å². The minimum absolute atomic E-state index is 0.774. The van der Waals surface area contributed by atoms with Gasteiger partial charge in [-0.05, 0) is 26.2 Å². The van der Waals surface area contributed by atoms with E-state index in [1.807, 2.05) is 18.3 Å². The molecule has 1 N–H and O–H groups in total. The number of nitrogens with one attached hydrogen (secondary N) is 1. The van der Waals surface area contributed by atoms with Crippen molar-refractivity contribution in [3.8, 4) is 0 Å². The van der Waals surface area contributed by atoms with Crippen molar-refractivity contribution in [1.82, 2.24) is 15.2 Å². The van der Waals surface area contributed by atoms with Crippen molar-refractivity contribution in [2.24, 2.45) is 0 Å². The Morgan fingerprint density at radius 1 is 1.24 bits per heavy atom. The number of ether oxygens (including phenoxy) is 1. The van der Waals surface area contributed by atoms with E-state index in [1.165, 1.54) is 0 Å². The Bertz CT molecular complexity index is 277. The van der Waals surface area contributed by atoms with Gasteiger partial charge >= 0.3 is 0 Å². The molecule has 4 nitrogen and oxygen atoms in total. The molecule has 0 aliphatic rings. The van der Waals surface area contributed by atoms with Gasteiger partial charge in [0.05, 0.1) is 13.2 Å². The highest BCUT2D eigenvalue weighted by molar-refractivity contribution is 5.03. The third kappa shape index (κ3) is 7.85. The zero-order valence-electron chi connectivity index (χ0n) is 10.9. The average molecular weight is 237 g/mol. The predicted octanol–water partition coefficient (Wildman–Crippen LogP) is 0.792. The number of aromatic nitrogens is 1. The van der Waals surface area contributed by atoms with Crippen LogP contribution in [-0.4, -0.2) is 56.8 Å². The third-order valence-corrected chi connectivity index (χ3v) is 2.39. The highest BCUT2D eigenvalue weighted by Gasteiger charge is 1.93. The number of pyridine rings is 1. The van der Waals surface area contributed by atoms with E-state index in [9.17, 15) is 0 Å². The molecule has 96 valence electrons. The number of rotatable bonds is 9. The number of hydrogen-bond donors (Lipinski definition) is 1. The van der Waals surface area contributed by atoms with Crippen LogP contribution in [0.15, 0.2) is 24.4 Å². The van der Waals surface area contributed by atoms with Crippen LogP contribution in [0.5, 0.6) is 0 Å². The molecule has 0 aromatic carbocycles. The normalized spacial score (nSPS) is 11.0. The van der Waals surface area contributed by atoms with Crippen molar-refractivity contribution in [2.45, 2.75) is 6.42 Å². The molecular weight excluding hydrogens is 214 g/mol. The quantitative estimate of drug-likeness (QED) is 0.644. The van der Waals surface area contributed by atoms with E-state index in [2.05, 4.69) is 35.4 Å². The van der Waals surface area contributed by atoms with Crippen molar-refractivity contribution >= 4 is 0 Å². The summed E-state index contributed by atoms with van der Waals surface area (Å²) in [5.74, 6) is 0. The summed E-state index contributed by atoms with van der Waals surface area (Å²) in [5.41, 5.74) is 1.13. The summed E-state index contributed by atoms with van der Waals surface area (Å²) in [7, 11) is 4.10. The van der Waals surface area contributed by atoms with Gasteiger partial charge in [0.25, 0.3) is 0 Å². The van der Waals surface area contributed by atoms with Gasteiger partial charge in [-0.25, -0.2) is 0 Å². The summed E-state index contributed by atoms with van der Waals surface area (Å²) in [5, 5.41) is 3.34. The molecule has 0 aliphatic heterocycles. The lowest BCUT2D eigenvalue weighted by Gasteiger charge is -2.10. The van der Waals surface area contributed by atoms with Crippen LogP contribution in [-0.2, 0) is 11.2 Å². The Hall–Kier alpha value is -0.970. The Morgan fingerprint density at radius 3 is 2.82 bits per heavy atom. The maximum absolute atomic E-state index is 5.48. The fourth-order valence-corrected chi connectivity index (χ4v) is 1.38. The second-order valence-corrected chi connectivity index (χ2v) is 4.24. The molecule has 1 aromatic rings. The van der Waals surface area contributed by atoms with E-state index in [1.54, 1.807) is 0 Å². The van der Waals surface area contributed by atoms with Crippen LogP contribution in [0, 0.1) is 0 Å². The van der Waals surface area contributed by atoms with Crippen molar-refractivity contribution in [3.05, 3.63) is 30.1 Å². The summed E-state index contributed by atoms with van der Waals surface area (Å²) in [6.45, 7) is 4.41. The third-order valence-electron chi connectivity index (χ3n) is 2.39. The second-order valence-electron chi connectivity index (χ2n) is 4.24. The first-order valence-electron chi connectivity index (χ1n) is 6.12. The molecule has 17 heavy (non-hydrogen) atoms. The number of likely N-dealkylation sites (N-methyl/N-ethyl adjacent to an activating group) is 1. The van der Waals surface area contributed by atoms with Crippen LogP contribution >= 0.6 is 0 Å². The molecule has 0 fully saturated rings. The zero-order valence-corrected chi connectivity index (χ0v) is 10.9. The number of nitrogens with zero attached hydrogens (tertiary/aromatic N) is 2. The molecule has 0 unspecified atom stereocenters. The number of hydrogen-bond acceptors (Lipinski definition) is 4. The molecule has 1 aromatic heterocycles. The molecule has 1 rings (SSSR count). The molecular formula is C13H23N3O. The summed E-state index contributed by atoms with van der Waals surface area (Å²) >= 11 is 0. The van der Waals surface area contributed by atoms with Gasteiger partial charge in [0.1, 0.15) is 0 Å². The molecule has 0 atom stereocenters. The SMILES string of the molecule is CN(C)CCOCCNCCc1ccccn1. The molecule has 0 spiro atoms. The molecule has 0 bridgehead atoms. The summed E-state index contributed by atoms with van der Waals surface area (Å²) in [4.78, 5) is 6.39. The van der Waals surface area contributed by atoms with Crippen molar-refractivity contribution in [2.75, 3.05) is 46.9 Å². The van der Waals surface area contributed by atoms with Crippen molar-refractivity contribution in [1.29, 1.82) is 0 Å². The lowest BCUT2D eigenvalue weighted by Crippen LogP contribution is -2.24. The van der Waals surface area contributed by atoms with Crippen LogP contribution in [0.2, 0.25) is 0 Å². The second kappa shape index (κ2) is 9.10. The largest absolute Gasteiger partial charge is 0.379 e. The highest BCUT2D eigenvalue weighted by atomic mass is 16.5. The van der Waals surface area contributed by atoms with Crippen molar-refractivity contribution in [3.63, 3.8) is 0 Å². The van der Waals surface area contributed by atoms with Gasteiger partial charge in [0, 0.05) is 37.9 Å². The standard InChI is InChI=1S/C13H23N3O/c1-16(2)10-12-17-11-9-14-8-6-13-5-3-4-7-15-13/h3-5,7,14H,6,8-12H2,1-2H3. The molecule has 0 saturated heterocycles. The smallest absolute Gasteiger partial charge is 0.0593 e. The van der Waals surface area contributed by atoms with E-state index in [0.29, 0.717) is 0 Å². The van der Waals surface area contributed by atoms with E-state index < -0.39 is 0 Å². The van der Waals surface area contributed by atoms with E-state index in [-0.39, 0.29) is 0 Å². The van der Waals surface area contributed by atoms with Crippen LogP contribution in [0.3, 0.4) is 0 Å². The Kier molecular flexibility index (Phi) is 7.54. The summed E-state index contributed by atoms with van der Waals surface area (Å²) < 4.78 is 5.48. The van der Waals surface area contributed by atoms with E-state index in [4.69, 9.17) is 4.74 Å². The lowest BCUT2D eigenvalue weighted by molar-refractivity contribution is 0.119. The van der Waals surface area contributed by atoms with Gasteiger partial charge in [0.2, 0.25) is 0 Å². The highest BCUT2D eigenvalue weighted by Crippen LogP contribution is 1.92. The molecule has 0 amide bonds. The first-order chi connectivity index (χ1) is 8.29. The predicted molar refractivity (Wildman–Crippen MR) is 70.2 cm³/mol. The minimum Gasteiger partial charge on any atom is -0.379 e. The Morgan fingerprint density at radius 2 is 2.12 bits per heavy atom. The summed E-state index contributed by atoms with van der Waals surface area (Å²) in [6, 6.07) is 6.01. The van der Waals surface area contributed by atoms with Gasteiger partial charge < -0.3 is 15.0 Å². The molecule has 0 saturated carbocycles. The lowest BCUT2D eigenvalue weighted by atomic mass is 10.3. The maximum atomic E-state index is 5.48. The van der Waals surface area contributed by atoms with Gasteiger partial charge in [-0.3, -0.25) is 4.98 Å². The van der Waals surface area contributed by atoms with Gasteiger partial charge in [-0.1, -0.05) is 6.07 Å². The fraction of sp³-hybridized carbons (Fsp3) is 0.615. The van der Waals surface area contributed by atoms with Crippen LogP contribution in [0.4, 0.5) is 0 Å². The first-order valence-corrected chi connectivity index (χ1v) is 6.12. The molecule has 0 radical (unpaired) electrons. The van der Waals surface area contributed by atoms with Crippen LogP contribution < -0.4 is 5.32 Å². The molecule has 1 heterocycles. The summed E-state index contributed by atoms with van der Waals surface area (Å²) in [6.07, 6.45) is 2.80. The Labute approximate surface area is 104 Å². The Balaban J connectivity index is 1.88. The van der Waals surface area contributed by atoms with E-state index >= 15 is 0 Å². The zero-order chi connectivity index (χ0) is 12.3. The van der Waals surface area contributed by atoms with E-state index in [0.717, 1.165) is 45.0 Å². The van der Waals surface area contributed by atoms with Crippen LogP contribution in [0.1, 0.15) is 5.69 Å². The fourth-order valence-electron chi connectivity index (χ4n) is 1.38. The monoisotopic (exact) mass is 237 g/mol. The van der Waals surface area contributed by atoms with Crippen molar-refractivity contribution < 1.29 is 4.74 Å². The van der Waals surface area contributed by atoms with Crippen LogP contribution in [0.25, 0.3) is 0 Å². The maximum Gasteiger partial charge on any atom is 0.0593 e. The molecule has 0 aliphatic carbocycles. The minimum atomic E-state index is 0.774. The average Bonchev–Trinajstić information content (AvgIpc) is 2.33. The van der Waals surface area contributed by atoms with Gasteiger partial charge in [-0.2, -0.15) is 0 Å².